The maximum atomic E-state index is 12.6. The van der Waals surface area contributed by atoms with Crippen LogP contribution in [-0.2, 0) is 11.2 Å². The van der Waals surface area contributed by atoms with Crippen molar-refractivity contribution in [2.45, 2.75) is 19.3 Å². The number of aliphatic carboxylic acids is 1. The number of Topliss-reactive ketones (excluding diaryl/α,β-unsaturated/α-hetero) is 1. The van der Waals surface area contributed by atoms with Crippen LogP contribution in [-0.4, -0.2) is 16.9 Å². The van der Waals surface area contributed by atoms with Crippen LogP contribution in [0.15, 0.2) is 48.0 Å². The molecule has 2 aromatic carbocycles. The fraction of sp³-hybridized carbons (Fsp3) is 0.158. The highest BCUT2D eigenvalue weighted by Gasteiger charge is 2.26. The van der Waals surface area contributed by atoms with E-state index < -0.39 is 11.9 Å². The lowest BCUT2D eigenvalue weighted by atomic mass is 9.97. The predicted octanol–water partition coefficient (Wildman–Crippen LogP) is 4.35. The molecule has 0 fully saturated rings. The summed E-state index contributed by atoms with van der Waals surface area (Å²) in [7, 11) is 0. The van der Waals surface area contributed by atoms with E-state index in [-0.39, 0.29) is 5.78 Å². The van der Waals surface area contributed by atoms with Gasteiger partial charge in [0.05, 0.1) is 5.92 Å². The molecule has 1 N–H and O–H groups in total. The third-order valence-electron chi connectivity index (χ3n) is 4.13. The van der Waals surface area contributed by atoms with Gasteiger partial charge in [0.2, 0.25) is 0 Å². The number of hydrogen-bond donors (Lipinski definition) is 1. The molecule has 0 aliphatic heterocycles. The zero-order valence-corrected chi connectivity index (χ0v) is 13.3. The SMILES string of the molecule is CC(C(=O)O)c1ccc2c(c1)C(=O)C(=Cc1ccc(Cl)cc1)C2. The van der Waals surface area contributed by atoms with Crippen molar-refractivity contribution in [3.05, 3.63) is 75.3 Å². The Balaban J connectivity index is 1.93. The summed E-state index contributed by atoms with van der Waals surface area (Å²) in [5.74, 6) is -1.56. The number of carboxylic acids is 1. The molecule has 0 saturated carbocycles. The Morgan fingerprint density at radius 3 is 2.57 bits per heavy atom. The lowest BCUT2D eigenvalue weighted by Crippen LogP contribution is -2.08. The van der Waals surface area contributed by atoms with Gasteiger partial charge < -0.3 is 5.11 Å². The molecule has 0 amide bonds. The zero-order valence-electron chi connectivity index (χ0n) is 12.5. The third-order valence-corrected chi connectivity index (χ3v) is 4.38. The first kappa shape index (κ1) is 15.5. The number of carbonyl (C=O) groups is 2. The van der Waals surface area contributed by atoms with E-state index in [2.05, 4.69) is 0 Å². The summed E-state index contributed by atoms with van der Waals surface area (Å²) in [5, 5.41) is 9.77. The average molecular weight is 327 g/mol. The normalized spacial score (nSPS) is 16.4. The van der Waals surface area contributed by atoms with Crippen molar-refractivity contribution >= 4 is 29.4 Å². The Hall–Kier alpha value is -2.39. The summed E-state index contributed by atoms with van der Waals surface area (Å²) in [6, 6.07) is 12.6. The highest BCUT2D eigenvalue weighted by Crippen LogP contribution is 2.30. The molecule has 0 heterocycles. The van der Waals surface area contributed by atoms with Gasteiger partial charge in [0.15, 0.2) is 5.78 Å². The molecule has 0 bridgehead atoms. The van der Waals surface area contributed by atoms with E-state index in [1.165, 1.54) is 0 Å². The van der Waals surface area contributed by atoms with Crippen LogP contribution in [0.1, 0.15) is 39.9 Å². The van der Waals surface area contributed by atoms with Crippen LogP contribution in [0.4, 0.5) is 0 Å². The summed E-state index contributed by atoms with van der Waals surface area (Å²) in [4.78, 5) is 23.7. The van der Waals surface area contributed by atoms with Crippen molar-refractivity contribution < 1.29 is 14.7 Å². The van der Waals surface area contributed by atoms with E-state index >= 15 is 0 Å². The van der Waals surface area contributed by atoms with Gasteiger partial charge >= 0.3 is 5.97 Å². The molecule has 0 spiro atoms. The standard InChI is InChI=1S/C19H15ClO3/c1-11(19(22)23)13-4-5-14-9-15(18(21)17(14)10-13)8-12-2-6-16(20)7-3-12/h2-8,10-11H,9H2,1H3,(H,22,23). The first-order valence-corrected chi connectivity index (χ1v) is 7.70. The molecule has 1 unspecified atom stereocenters. The van der Waals surface area contributed by atoms with Crippen molar-refractivity contribution in [1.29, 1.82) is 0 Å². The molecule has 1 aliphatic carbocycles. The van der Waals surface area contributed by atoms with Crippen molar-refractivity contribution in [2.75, 3.05) is 0 Å². The second-order valence-corrected chi connectivity index (χ2v) is 6.14. The van der Waals surface area contributed by atoms with Crippen molar-refractivity contribution in [1.82, 2.24) is 0 Å². The Morgan fingerprint density at radius 2 is 1.91 bits per heavy atom. The lowest BCUT2D eigenvalue weighted by molar-refractivity contribution is -0.138. The Morgan fingerprint density at radius 1 is 1.22 bits per heavy atom. The molecular formula is C19H15ClO3. The minimum atomic E-state index is -0.896. The second-order valence-electron chi connectivity index (χ2n) is 5.70. The fourth-order valence-electron chi connectivity index (χ4n) is 2.71. The van der Waals surface area contributed by atoms with E-state index in [9.17, 15) is 9.59 Å². The molecule has 1 atom stereocenters. The van der Waals surface area contributed by atoms with Gasteiger partial charge in [0, 0.05) is 22.6 Å². The van der Waals surface area contributed by atoms with E-state index in [1.807, 2.05) is 24.3 Å². The second kappa shape index (κ2) is 6.01. The first-order valence-electron chi connectivity index (χ1n) is 7.32. The summed E-state index contributed by atoms with van der Waals surface area (Å²) >= 11 is 5.87. The Kier molecular flexibility index (Phi) is 4.05. The van der Waals surface area contributed by atoms with Crippen LogP contribution in [0.5, 0.6) is 0 Å². The van der Waals surface area contributed by atoms with Gasteiger partial charge in [-0.05, 0) is 47.9 Å². The van der Waals surface area contributed by atoms with E-state index in [0.29, 0.717) is 28.1 Å². The van der Waals surface area contributed by atoms with Crippen LogP contribution in [0, 0.1) is 0 Å². The van der Waals surface area contributed by atoms with Crippen LogP contribution >= 0.6 is 11.6 Å². The number of halogens is 1. The van der Waals surface area contributed by atoms with Crippen molar-refractivity contribution in [2.24, 2.45) is 0 Å². The quantitative estimate of drug-likeness (QED) is 0.853. The predicted molar refractivity (Wildman–Crippen MR) is 90.0 cm³/mol. The number of allylic oxidation sites excluding steroid dienone is 1. The summed E-state index contributed by atoms with van der Waals surface area (Å²) in [5.41, 5.74) is 3.83. The van der Waals surface area contributed by atoms with Crippen LogP contribution in [0.3, 0.4) is 0 Å². The molecular weight excluding hydrogens is 312 g/mol. The maximum absolute atomic E-state index is 12.6. The largest absolute Gasteiger partial charge is 0.481 e. The third kappa shape index (κ3) is 3.06. The van der Waals surface area contributed by atoms with Gasteiger partial charge in [-0.1, -0.05) is 35.9 Å². The number of carbonyl (C=O) groups excluding carboxylic acids is 1. The van der Waals surface area contributed by atoms with E-state index in [4.69, 9.17) is 16.7 Å². The van der Waals surface area contributed by atoms with Gasteiger partial charge in [0.25, 0.3) is 0 Å². The maximum Gasteiger partial charge on any atom is 0.310 e. The summed E-state index contributed by atoms with van der Waals surface area (Å²) < 4.78 is 0. The molecule has 3 rings (SSSR count). The highest BCUT2D eigenvalue weighted by atomic mass is 35.5. The zero-order chi connectivity index (χ0) is 16.6. The molecule has 116 valence electrons. The smallest absolute Gasteiger partial charge is 0.310 e. The highest BCUT2D eigenvalue weighted by molar-refractivity contribution is 6.30. The summed E-state index contributed by atoms with van der Waals surface area (Å²) in [6.45, 7) is 1.62. The average Bonchev–Trinajstić information content (AvgIpc) is 2.84. The molecule has 4 heteroatoms. The molecule has 23 heavy (non-hydrogen) atoms. The first-order chi connectivity index (χ1) is 11.0. The molecule has 0 aromatic heterocycles. The fourth-order valence-corrected chi connectivity index (χ4v) is 2.83. The number of rotatable bonds is 3. The number of benzene rings is 2. The summed E-state index contributed by atoms with van der Waals surface area (Å²) in [6.07, 6.45) is 2.43. The van der Waals surface area contributed by atoms with Gasteiger partial charge in [-0.25, -0.2) is 0 Å². The van der Waals surface area contributed by atoms with E-state index in [0.717, 1.165) is 11.1 Å². The van der Waals surface area contributed by atoms with Crippen molar-refractivity contribution in [3.63, 3.8) is 0 Å². The number of ketones is 1. The molecule has 0 radical (unpaired) electrons. The van der Waals surface area contributed by atoms with Crippen molar-refractivity contribution in [3.8, 4) is 0 Å². The van der Waals surface area contributed by atoms with Gasteiger partial charge in [-0.15, -0.1) is 0 Å². The Bertz CT molecular complexity index is 819. The molecule has 3 nitrogen and oxygen atoms in total. The van der Waals surface area contributed by atoms with Gasteiger partial charge in [-0.2, -0.15) is 0 Å². The number of carboxylic acid groups (broad SMARTS) is 1. The van der Waals surface area contributed by atoms with Crippen LogP contribution in [0.25, 0.3) is 6.08 Å². The number of fused-ring (bicyclic) bond motifs is 1. The van der Waals surface area contributed by atoms with Gasteiger partial charge in [0.1, 0.15) is 0 Å². The lowest BCUT2D eigenvalue weighted by Gasteiger charge is -2.07. The van der Waals surface area contributed by atoms with E-state index in [1.54, 1.807) is 31.2 Å². The van der Waals surface area contributed by atoms with Crippen LogP contribution < -0.4 is 0 Å². The monoisotopic (exact) mass is 326 g/mol. The topological polar surface area (TPSA) is 54.4 Å². The number of hydrogen-bond acceptors (Lipinski definition) is 2. The molecule has 2 aromatic rings. The van der Waals surface area contributed by atoms with Crippen LogP contribution in [0.2, 0.25) is 5.02 Å². The van der Waals surface area contributed by atoms with Gasteiger partial charge in [-0.3, -0.25) is 9.59 Å². The molecule has 1 aliphatic rings. The molecule has 0 saturated heterocycles. The Labute approximate surface area is 139 Å². The minimum absolute atomic E-state index is 0.0330. The minimum Gasteiger partial charge on any atom is -0.481 e.